The molecule has 1 nitrogen and oxygen atoms in total. The Kier molecular flexibility index (Phi) is 5.19. The predicted octanol–water partition coefficient (Wildman–Crippen LogP) is 3.22. The molecule has 0 N–H and O–H groups in total. The molecule has 80 valence electrons. The van der Waals surface area contributed by atoms with Crippen molar-refractivity contribution in [3.05, 3.63) is 0 Å². The summed E-state index contributed by atoms with van der Waals surface area (Å²) < 4.78 is 11.9. The van der Waals surface area contributed by atoms with E-state index in [9.17, 15) is 4.21 Å². The summed E-state index contributed by atoms with van der Waals surface area (Å²) in [5.41, 5.74) is 0. The molecular formula is C11H24OS. The Bertz CT molecular complexity index is 171. The molecule has 0 aromatic carbocycles. The van der Waals surface area contributed by atoms with Gasteiger partial charge in [-0.15, -0.1) is 0 Å². The Labute approximate surface area is 85.8 Å². The minimum Gasteiger partial charge on any atom is -0.259 e. The SMILES string of the molecule is CC(C)CCS(=O)C(C)(C)C(C)C. The fourth-order valence-electron chi connectivity index (χ4n) is 0.869. The van der Waals surface area contributed by atoms with Crippen LogP contribution in [-0.2, 0) is 10.8 Å². The zero-order valence-corrected chi connectivity index (χ0v) is 10.7. The van der Waals surface area contributed by atoms with E-state index in [1.54, 1.807) is 0 Å². The third kappa shape index (κ3) is 4.26. The first kappa shape index (κ1) is 13.2. The molecular weight excluding hydrogens is 180 g/mol. The van der Waals surface area contributed by atoms with Gasteiger partial charge in [-0.05, 0) is 32.1 Å². The van der Waals surface area contributed by atoms with Crippen molar-refractivity contribution in [1.82, 2.24) is 0 Å². The van der Waals surface area contributed by atoms with Crippen LogP contribution in [-0.4, -0.2) is 14.7 Å². The van der Waals surface area contributed by atoms with Gasteiger partial charge in [-0.25, -0.2) is 0 Å². The first-order valence-corrected chi connectivity index (χ1v) is 6.48. The van der Waals surface area contributed by atoms with Crippen molar-refractivity contribution in [2.24, 2.45) is 11.8 Å². The van der Waals surface area contributed by atoms with Crippen molar-refractivity contribution >= 4 is 10.8 Å². The highest BCUT2D eigenvalue weighted by molar-refractivity contribution is 7.86. The van der Waals surface area contributed by atoms with Crippen molar-refractivity contribution in [1.29, 1.82) is 0 Å². The first-order chi connectivity index (χ1) is 5.78. The van der Waals surface area contributed by atoms with Crippen molar-refractivity contribution < 1.29 is 4.21 Å². The smallest absolute Gasteiger partial charge is 0.0425 e. The molecule has 13 heavy (non-hydrogen) atoms. The summed E-state index contributed by atoms with van der Waals surface area (Å²) in [6, 6.07) is 0. The fraction of sp³-hybridized carbons (Fsp3) is 1.00. The van der Waals surface area contributed by atoms with Gasteiger partial charge in [0.05, 0.1) is 0 Å². The molecule has 0 amide bonds. The minimum absolute atomic E-state index is 0.0328. The Morgan fingerprint density at radius 2 is 1.62 bits per heavy atom. The molecule has 0 aliphatic carbocycles. The quantitative estimate of drug-likeness (QED) is 0.672. The van der Waals surface area contributed by atoms with Gasteiger partial charge in [-0.2, -0.15) is 0 Å². The molecule has 0 heterocycles. The van der Waals surface area contributed by atoms with Crippen LogP contribution in [0.3, 0.4) is 0 Å². The van der Waals surface area contributed by atoms with Crippen LogP contribution in [0.5, 0.6) is 0 Å². The van der Waals surface area contributed by atoms with Gasteiger partial charge >= 0.3 is 0 Å². The van der Waals surface area contributed by atoms with E-state index in [4.69, 9.17) is 0 Å². The summed E-state index contributed by atoms with van der Waals surface area (Å²) in [4.78, 5) is 0. The molecule has 0 rings (SSSR count). The molecule has 0 aliphatic heterocycles. The van der Waals surface area contributed by atoms with Gasteiger partial charge in [-0.3, -0.25) is 4.21 Å². The molecule has 1 atom stereocenters. The highest BCUT2D eigenvalue weighted by Crippen LogP contribution is 2.24. The maximum absolute atomic E-state index is 11.9. The average Bonchev–Trinajstić information content (AvgIpc) is 1.99. The fourth-order valence-corrected chi connectivity index (χ4v) is 2.61. The second-order valence-corrected chi connectivity index (χ2v) is 7.14. The van der Waals surface area contributed by atoms with Crippen LogP contribution in [0.25, 0.3) is 0 Å². The van der Waals surface area contributed by atoms with Gasteiger partial charge in [0.15, 0.2) is 0 Å². The van der Waals surface area contributed by atoms with Gasteiger partial charge in [-0.1, -0.05) is 27.7 Å². The Balaban J connectivity index is 4.10. The van der Waals surface area contributed by atoms with E-state index in [2.05, 4.69) is 41.5 Å². The van der Waals surface area contributed by atoms with Gasteiger partial charge < -0.3 is 0 Å². The van der Waals surface area contributed by atoms with Crippen LogP contribution in [0.4, 0.5) is 0 Å². The summed E-state index contributed by atoms with van der Waals surface area (Å²) in [5, 5.41) is 0. The maximum Gasteiger partial charge on any atom is 0.0425 e. The van der Waals surface area contributed by atoms with E-state index in [1.165, 1.54) is 0 Å². The van der Waals surface area contributed by atoms with E-state index in [-0.39, 0.29) is 4.75 Å². The highest BCUT2D eigenvalue weighted by atomic mass is 32.2. The molecule has 0 spiro atoms. The Morgan fingerprint density at radius 3 is 1.92 bits per heavy atom. The zero-order chi connectivity index (χ0) is 10.6. The highest BCUT2D eigenvalue weighted by Gasteiger charge is 2.29. The van der Waals surface area contributed by atoms with E-state index in [1.807, 2.05) is 0 Å². The topological polar surface area (TPSA) is 17.1 Å². The van der Waals surface area contributed by atoms with Crippen LogP contribution in [0.2, 0.25) is 0 Å². The summed E-state index contributed by atoms with van der Waals surface area (Å²) in [6.07, 6.45) is 1.07. The van der Waals surface area contributed by atoms with Crippen LogP contribution in [0.1, 0.15) is 48.0 Å². The standard InChI is InChI=1S/C11H24OS/c1-9(2)7-8-13(12)11(5,6)10(3)4/h9-10H,7-8H2,1-6H3. The first-order valence-electron chi connectivity index (χ1n) is 5.17. The molecule has 0 saturated carbocycles. The number of hydrogen-bond donors (Lipinski definition) is 0. The zero-order valence-electron chi connectivity index (χ0n) is 9.89. The van der Waals surface area contributed by atoms with Crippen LogP contribution in [0, 0.1) is 11.8 Å². The third-order valence-corrected chi connectivity index (χ3v) is 5.11. The molecule has 2 heteroatoms. The van der Waals surface area contributed by atoms with E-state index < -0.39 is 10.8 Å². The maximum atomic E-state index is 11.9. The van der Waals surface area contributed by atoms with Gasteiger partial charge in [0.2, 0.25) is 0 Å². The summed E-state index contributed by atoms with van der Waals surface area (Å²) in [7, 11) is -0.681. The van der Waals surface area contributed by atoms with E-state index in [0.717, 1.165) is 12.2 Å². The van der Waals surface area contributed by atoms with Gasteiger partial charge in [0, 0.05) is 21.3 Å². The Hall–Kier alpha value is 0.150. The lowest BCUT2D eigenvalue weighted by Crippen LogP contribution is -2.34. The normalized spacial score (nSPS) is 15.4. The molecule has 0 saturated heterocycles. The largest absolute Gasteiger partial charge is 0.259 e. The predicted molar refractivity (Wildman–Crippen MR) is 61.4 cm³/mol. The Morgan fingerprint density at radius 1 is 1.15 bits per heavy atom. The molecule has 0 aromatic rings. The lowest BCUT2D eigenvalue weighted by atomic mass is 10.00. The lowest BCUT2D eigenvalue weighted by molar-refractivity contribution is 0.481. The van der Waals surface area contributed by atoms with E-state index in [0.29, 0.717) is 11.8 Å². The van der Waals surface area contributed by atoms with E-state index >= 15 is 0 Å². The molecule has 0 aromatic heterocycles. The van der Waals surface area contributed by atoms with Gasteiger partial charge in [0.1, 0.15) is 0 Å². The number of rotatable bonds is 5. The van der Waals surface area contributed by atoms with Crippen LogP contribution < -0.4 is 0 Å². The van der Waals surface area contributed by atoms with Crippen molar-refractivity contribution in [3.8, 4) is 0 Å². The molecule has 0 bridgehead atoms. The lowest BCUT2D eigenvalue weighted by Gasteiger charge is -2.28. The van der Waals surface area contributed by atoms with Crippen LogP contribution >= 0.6 is 0 Å². The summed E-state index contributed by atoms with van der Waals surface area (Å²) >= 11 is 0. The summed E-state index contributed by atoms with van der Waals surface area (Å²) in [6.45, 7) is 12.9. The molecule has 0 aliphatic rings. The van der Waals surface area contributed by atoms with Crippen molar-refractivity contribution in [2.75, 3.05) is 5.75 Å². The minimum atomic E-state index is -0.681. The second-order valence-electron chi connectivity index (χ2n) is 4.99. The summed E-state index contributed by atoms with van der Waals surface area (Å²) in [5.74, 6) is 2.00. The van der Waals surface area contributed by atoms with Gasteiger partial charge in [0.25, 0.3) is 0 Å². The molecule has 0 fully saturated rings. The second kappa shape index (κ2) is 5.14. The third-order valence-electron chi connectivity index (χ3n) is 2.86. The van der Waals surface area contributed by atoms with Crippen LogP contribution in [0.15, 0.2) is 0 Å². The molecule has 1 unspecified atom stereocenters. The number of hydrogen-bond acceptors (Lipinski definition) is 1. The molecule has 0 radical (unpaired) electrons. The van der Waals surface area contributed by atoms with Crippen molar-refractivity contribution in [2.45, 2.75) is 52.7 Å². The monoisotopic (exact) mass is 204 g/mol. The van der Waals surface area contributed by atoms with Crippen molar-refractivity contribution in [3.63, 3.8) is 0 Å². The average molecular weight is 204 g/mol.